The zero-order chi connectivity index (χ0) is 15.3. The molecule has 1 rings (SSSR count). The Bertz CT molecular complexity index is 386. The topological polar surface area (TPSA) is 72.2 Å². The van der Waals surface area contributed by atoms with E-state index < -0.39 is 0 Å². The van der Waals surface area contributed by atoms with E-state index in [1.165, 1.54) is 0 Å². The van der Waals surface area contributed by atoms with Crippen LogP contribution in [0.3, 0.4) is 0 Å². The molecule has 0 aliphatic rings. The lowest BCUT2D eigenvalue weighted by atomic mass is 10.3. The van der Waals surface area contributed by atoms with Crippen LogP contribution in [0, 0.1) is 0 Å². The molecule has 0 amide bonds. The van der Waals surface area contributed by atoms with Crippen LogP contribution in [-0.4, -0.2) is 53.4 Å². The minimum Gasteiger partial charge on any atom is -0.492 e. The fourth-order valence-corrected chi connectivity index (χ4v) is 1.61. The van der Waals surface area contributed by atoms with E-state index in [1.54, 1.807) is 7.11 Å². The van der Waals surface area contributed by atoms with Crippen LogP contribution in [0.5, 0.6) is 11.5 Å². The Morgan fingerprint density at radius 1 is 0.857 bits per heavy atom. The van der Waals surface area contributed by atoms with Crippen molar-refractivity contribution in [1.29, 1.82) is 0 Å². The van der Waals surface area contributed by atoms with E-state index >= 15 is 0 Å². The Kier molecular flexibility index (Phi) is 9.35. The van der Waals surface area contributed by atoms with Gasteiger partial charge in [-0.3, -0.25) is 0 Å². The molecule has 120 valence electrons. The van der Waals surface area contributed by atoms with Gasteiger partial charge in [0, 0.05) is 7.11 Å². The third kappa shape index (κ3) is 7.17. The van der Waals surface area contributed by atoms with E-state index in [2.05, 4.69) is 0 Å². The summed E-state index contributed by atoms with van der Waals surface area (Å²) in [6, 6.07) is 5.48. The molecule has 0 aromatic heterocycles. The van der Waals surface area contributed by atoms with E-state index in [1.807, 2.05) is 25.1 Å². The number of hydrogen-bond donors (Lipinski definition) is 1. The normalized spacial score (nSPS) is 10.6. The zero-order valence-corrected chi connectivity index (χ0v) is 12.8. The first-order chi connectivity index (χ1) is 10.3. The van der Waals surface area contributed by atoms with E-state index in [9.17, 15) is 0 Å². The van der Waals surface area contributed by atoms with Crippen molar-refractivity contribution in [2.24, 2.45) is 0 Å². The second-order valence-electron chi connectivity index (χ2n) is 4.17. The van der Waals surface area contributed by atoms with E-state index in [4.69, 9.17) is 29.4 Å². The second-order valence-corrected chi connectivity index (χ2v) is 4.17. The maximum atomic E-state index is 5.96. The van der Waals surface area contributed by atoms with Crippen molar-refractivity contribution >= 4 is 5.69 Å². The quantitative estimate of drug-likeness (QED) is 0.468. The summed E-state index contributed by atoms with van der Waals surface area (Å²) in [6.45, 7) is 5.64. The third-order valence-corrected chi connectivity index (χ3v) is 2.61. The highest BCUT2D eigenvalue weighted by molar-refractivity contribution is 5.62. The molecule has 0 spiro atoms. The zero-order valence-electron chi connectivity index (χ0n) is 12.8. The van der Waals surface area contributed by atoms with Gasteiger partial charge >= 0.3 is 0 Å². The van der Waals surface area contributed by atoms with Gasteiger partial charge in [-0.05, 0) is 19.1 Å². The van der Waals surface area contributed by atoms with Gasteiger partial charge in [-0.2, -0.15) is 0 Å². The summed E-state index contributed by atoms with van der Waals surface area (Å²) in [7, 11) is 1.64. The average Bonchev–Trinajstić information content (AvgIpc) is 2.49. The van der Waals surface area contributed by atoms with Crippen LogP contribution in [0.25, 0.3) is 0 Å². The Hall–Kier alpha value is -1.50. The van der Waals surface area contributed by atoms with Crippen molar-refractivity contribution in [3.05, 3.63) is 18.2 Å². The number of anilines is 1. The average molecular weight is 299 g/mol. The van der Waals surface area contributed by atoms with E-state index in [0.717, 1.165) is 0 Å². The smallest absolute Gasteiger partial charge is 0.146 e. The van der Waals surface area contributed by atoms with Crippen LogP contribution in [-0.2, 0) is 14.2 Å². The van der Waals surface area contributed by atoms with Crippen molar-refractivity contribution in [1.82, 2.24) is 0 Å². The summed E-state index contributed by atoms with van der Waals surface area (Å²) in [5.74, 6) is 1.25. The summed E-state index contributed by atoms with van der Waals surface area (Å²) < 4.78 is 26.5. The molecule has 6 nitrogen and oxygen atoms in total. The molecule has 0 saturated heterocycles. The Labute approximate surface area is 126 Å². The van der Waals surface area contributed by atoms with Crippen LogP contribution < -0.4 is 15.2 Å². The van der Waals surface area contributed by atoms with Gasteiger partial charge in [-0.25, -0.2) is 0 Å². The molecule has 0 bridgehead atoms. The molecule has 0 fully saturated rings. The first-order valence-electron chi connectivity index (χ1n) is 7.08. The molecule has 21 heavy (non-hydrogen) atoms. The maximum absolute atomic E-state index is 5.96. The van der Waals surface area contributed by atoms with Gasteiger partial charge in [0.15, 0.2) is 0 Å². The molecule has 0 aliphatic heterocycles. The van der Waals surface area contributed by atoms with Gasteiger partial charge in [0.25, 0.3) is 0 Å². The highest BCUT2D eigenvalue weighted by Gasteiger charge is 2.06. The first kappa shape index (κ1) is 17.6. The van der Waals surface area contributed by atoms with Crippen molar-refractivity contribution in [3.8, 4) is 11.5 Å². The minimum absolute atomic E-state index is 0.428. The highest BCUT2D eigenvalue weighted by atomic mass is 16.6. The summed E-state index contributed by atoms with van der Waals surface area (Å²) in [5, 5.41) is 0. The molecule has 0 heterocycles. The number of nitrogen functional groups attached to an aromatic ring is 1. The second kappa shape index (κ2) is 11.2. The van der Waals surface area contributed by atoms with Crippen LogP contribution in [0.2, 0.25) is 0 Å². The lowest BCUT2D eigenvalue weighted by Crippen LogP contribution is -2.12. The predicted octanol–water partition coefficient (Wildman–Crippen LogP) is 1.73. The fraction of sp³-hybridized carbons (Fsp3) is 0.600. The molecule has 0 radical (unpaired) electrons. The van der Waals surface area contributed by atoms with E-state index in [0.29, 0.717) is 63.4 Å². The molecule has 0 saturated carbocycles. The van der Waals surface area contributed by atoms with Gasteiger partial charge in [-0.15, -0.1) is 0 Å². The molecule has 0 aliphatic carbocycles. The van der Waals surface area contributed by atoms with Gasteiger partial charge in [0.05, 0.1) is 39.6 Å². The lowest BCUT2D eigenvalue weighted by molar-refractivity contribution is 0.0180. The summed E-state index contributed by atoms with van der Waals surface area (Å²) in [4.78, 5) is 0. The van der Waals surface area contributed by atoms with Crippen molar-refractivity contribution in [3.63, 3.8) is 0 Å². The van der Waals surface area contributed by atoms with Crippen LogP contribution in [0.4, 0.5) is 5.69 Å². The number of rotatable bonds is 12. The molecular formula is C15H25NO5. The van der Waals surface area contributed by atoms with Crippen molar-refractivity contribution in [2.75, 3.05) is 59.1 Å². The number of methoxy groups -OCH3 is 1. The number of ether oxygens (including phenoxy) is 5. The van der Waals surface area contributed by atoms with Crippen molar-refractivity contribution < 1.29 is 23.7 Å². The number of nitrogens with two attached hydrogens (primary N) is 1. The molecule has 6 heteroatoms. The third-order valence-electron chi connectivity index (χ3n) is 2.61. The Balaban J connectivity index is 2.14. The van der Waals surface area contributed by atoms with E-state index in [-0.39, 0.29) is 0 Å². The Morgan fingerprint density at radius 2 is 1.43 bits per heavy atom. The van der Waals surface area contributed by atoms with Crippen LogP contribution >= 0.6 is 0 Å². The standard InChI is InChI=1S/C15H25NO5/c1-3-20-13-5-4-6-14(15(13)16)21-12-11-19-10-9-18-8-7-17-2/h4-6H,3,7-12,16H2,1-2H3. The molecule has 0 atom stereocenters. The van der Waals surface area contributed by atoms with Crippen LogP contribution in [0.15, 0.2) is 18.2 Å². The maximum Gasteiger partial charge on any atom is 0.146 e. The summed E-state index contributed by atoms with van der Waals surface area (Å²) in [5.41, 5.74) is 6.47. The monoisotopic (exact) mass is 299 g/mol. The van der Waals surface area contributed by atoms with Gasteiger partial charge < -0.3 is 29.4 Å². The minimum atomic E-state index is 0.428. The number of benzene rings is 1. The van der Waals surface area contributed by atoms with Crippen molar-refractivity contribution in [2.45, 2.75) is 6.92 Å². The predicted molar refractivity (Wildman–Crippen MR) is 81.0 cm³/mol. The molecule has 1 aromatic carbocycles. The lowest BCUT2D eigenvalue weighted by Gasteiger charge is -2.12. The molecule has 0 unspecified atom stereocenters. The first-order valence-corrected chi connectivity index (χ1v) is 7.08. The largest absolute Gasteiger partial charge is 0.492 e. The van der Waals surface area contributed by atoms with Gasteiger partial charge in [-0.1, -0.05) is 6.07 Å². The summed E-state index contributed by atoms with van der Waals surface area (Å²) in [6.07, 6.45) is 0. The van der Waals surface area contributed by atoms with Crippen LogP contribution in [0.1, 0.15) is 6.92 Å². The number of hydrogen-bond acceptors (Lipinski definition) is 6. The SMILES string of the molecule is CCOc1cccc(OCCOCCOCCOC)c1N. The van der Waals surface area contributed by atoms with Gasteiger partial charge in [0.1, 0.15) is 23.8 Å². The van der Waals surface area contributed by atoms with Gasteiger partial charge in [0.2, 0.25) is 0 Å². The molecule has 2 N–H and O–H groups in total. The molecule has 1 aromatic rings. The molecular weight excluding hydrogens is 274 g/mol. The Morgan fingerprint density at radius 3 is 2.05 bits per heavy atom. The summed E-state index contributed by atoms with van der Waals surface area (Å²) >= 11 is 0. The number of para-hydroxylation sites is 1. The highest BCUT2D eigenvalue weighted by Crippen LogP contribution is 2.31. The fourth-order valence-electron chi connectivity index (χ4n) is 1.61.